The number of aliphatic hydroxyl groups is 1. The standard InChI is InChI=1S/C23H22N2O3/c1-27-20-13-12-16(14-21(20)28-2)15-25-19-11-7-6-10-18(19)24-23(25)22(26)17-8-4-3-5-9-17/h3-14,22,26H,15H2,1-2H3. The SMILES string of the molecule is COc1ccc(Cn2c(C(O)c3ccccc3)nc3ccccc32)cc1OC. The molecule has 28 heavy (non-hydrogen) atoms. The van der Waals surface area contributed by atoms with Crippen LogP contribution in [0.15, 0.2) is 72.8 Å². The third-order valence-corrected chi connectivity index (χ3v) is 4.83. The summed E-state index contributed by atoms with van der Waals surface area (Å²) in [6, 6.07) is 23.3. The predicted molar refractivity (Wildman–Crippen MR) is 109 cm³/mol. The highest BCUT2D eigenvalue weighted by molar-refractivity contribution is 5.76. The normalized spacial score (nSPS) is 12.1. The molecule has 1 unspecified atom stereocenters. The highest BCUT2D eigenvalue weighted by Crippen LogP contribution is 2.30. The van der Waals surface area contributed by atoms with E-state index in [0.717, 1.165) is 22.2 Å². The quantitative estimate of drug-likeness (QED) is 0.550. The lowest BCUT2D eigenvalue weighted by Crippen LogP contribution is -2.11. The van der Waals surface area contributed by atoms with Crippen molar-refractivity contribution in [2.45, 2.75) is 12.6 Å². The Bertz CT molecular complexity index is 1090. The van der Waals surface area contributed by atoms with Crippen LogP contribution in [0.25, 0.3) is 11.0 Å². The van der Waals surface area contributed by atoms with Crippen molar-refractivity contribution < 1.29 is 14.6 Å². The van der Waals surface area contributed by atoms with E-state index in [1.54, 1.807) is 14.2 Å². The predicted octanol–water partition coefficient (Wildman–Crippen LogP) is 4.18. The van der Waals surface area contributed by atoms with E-state index in [2.05, 4.69) is 0 Å². The van der Waals surface area contributed by atoms with Crippen molar-refractivity contribution >= 4 is 11.0 Å². The number of para-hydroxylation sites is 2. The summed E-state index contributed by atoms with van der Waals surface area (Å²) < 4.78 is 12.8. The molecular formula is C23H22N2O3. The molecule has 0 aliphatic rings. The molecule has 1 heterocycles. The van der Waals surface area contributed by atoms with Gasteiger partial charge in [-0.25, -0.2) is 4.98 Å². The maximum Gasteiger partial charge on any atom is 0.161 e. The van der Waals surface area contributed by atoms with E-state index in [1.807, 2.05) is 77.4 Å². The fraction of sp³-hybridized carbons (Fsp3) is 0.174. The van der Waals surface area contributed by atoms with E-state index in [1.165, 1.54) is 0 Å². The van der Waals surface area contributed by atoms with Gasteiger partial charge >= 0.3 is 0 Å². The van der Waals surface area contributed by atoms with Gasteiger partial charge < -0.3 is 19.1 Å². The van der Waals surface area contributed by atoms with Crippen LogP contribution in [0, 0.1) is 0 Å². The fourth-order valence-corrected chi connectivity index (χ4v) is 3.42. The molecule has 1 aromatic heterocycles. The summed E-state index contributed by atoms with van der Waals surface area (Å²) in [6.07, 6.45) is -0.811. The van der Waals surface area contributed by atoms with Crippen LogP contribution in [0.3, 0.4) is 0 Å². The van der Waals surface area contributed by atoms with Crippen LogP contribution in [0.2, 0.25) is 0 Å². The van der Waals surface area contributed by atoms with Crippen molar-refractivity contribution in [1.82, 2.24) is 9.55 Å². The first-order valence-corrected chi connectivity index (χ1v) is 9.10. The number of nitrogens with zero attached hydrogens (tertiary/aromatic N) is 2. The monoisotopic (exact) mass is 374 g/mol. The van der Waals surface area contributed by atoms with Gasteiger partial charge in [-0.2, -0.15) is 0 Å². The van der Waals surface area contributed by atoms with Crippen LogP contribution in [0.1, 0.15) is 23.1 Å². The van der Waals surface area contributed by atoms with Crippen LogP contribution < -0.4 is 9.47 Å². The Balaban J connectivity index is 1.80. The Hall–Kier alpha value is -3.31. The number of imidazole rings is 1. The summed E-state index contributed by atoms with van der Waals surface area (Å²) in [5, 5.41) is 11.0. The van der Waals surface area contributed by atoms with Crippen molar-refractivity contribution in [2.24, 2.45) is 0 Å². The van der Waals surface area contributed by atoms with Gasteiger partial charge in [-0.1, -0.05) is 48.5 Å². The molecule has 0 amide bonds. The van der Waals surface area contributed by atoms with E-state index in [9.17, 15) is 5.11 Å². The van der Waals surface area contributed by atoms with E-state index in [-0.39, 0.29) is 0 Å². The lowest BCUT2D eigenvalue weighted by Gasteiger charge is -2.15. The van der Waals surface area contributed by atoms with Crippen molar-refractivity contribution in [3.8, 4) is 11.5 Å². The second-order valence-corrected chi connectivity index (χ2v) is 6.55. The number of rotatable bonds is 6. The van der Waals surface area contributed by atoms with Gasteiger partial charge in [-0.3, -0.25) is 0 Å². The zero-order chi connectivity index (χ0) is 19.5. The van der Waals surface area contributed by atoms with Gasteiger partial charge in [0.1, 0.15) is 11.9 Å². The fourth-order valence-electron chi connectivity index (χ4n) is 3.42. The van der Waals surface area contributed by atoms with Crippen LogP contribution >= 0.6 is 0 Å². The van der Waals surface area contributed by atoms with Gasteiger partial charge in [0.2, 0.25) is 0 Å². The summed E-state index contributed by atoms with van der Waals surface area (Å²) in [7, 11) is 3.24. The Morgan fingerprint density at radius 3 is 2.36 bits per heavy atom. The molecule has 3 aromatic carbocycles. The lowest BCUT2D eigenvalue weighted by atomic mass is 10.1. The number of aromatic nitrogens is 2. The number of hydrogen-bond donors (Lipinski definition) is 1. The molecule has 0 saturated carbocycles. The van der Waals surface area contributed by atoms with Gasteiger partial charge in [0.15, 0.2) is 11.5 Å². The first-order valence-electron chi connectivity index (χ1n) is 9.10. The van der Waals surface area contributed by atoms with Gasteiger partial charge in [0.05, 0.1) is 25.3 Å². The number of hydrogen-bond acceptors (Lipinski definition) is 4. The van der Waals surface area contributed by atoms with Gasteiger partial charge in [0, 0.05) is 6.54 Å². The molecule has 5 heteroatoms. The minimum Gasteiger partial charge on any atom is -0.493 e. The largest absolute Gasteiger partial charge is 0.493 e. The molecule has 1 atom stereocenters. The minimum atomic E-state index is -0.811. The average molecular weight is 374 g/mol. The van der Waals surface area contributed by atoms with Crippen LogP contribution in [0.4, 0.5) is 0 Å². The first-order chi connectivity index (χ1) is 13.7. The maximum atomic E-state index is 11.0. The zero-order valence-corrected chi connectivity index (χ0v) is 15.9. The van der Waals surface area contributed by atoms with E-state index in [0.29, 0.717) is 23.9 Å². The molecule has 142 valence electrons. The van der Waals surface area contributed by atoms with E-state index >= 15 is 0 Å². The number of fused-ring (bicyclic) bond motifs is 1. The van der Waals surface area contributed by atoms with Crippen molar-refractivity contribution in [3.63, 3.8) is 0 Å². The zero-order valence-electron chi connectivity index (χ0n) is 15.9. The van der Waals surface area contributed by atoms with Crippen LogP contribution in [-0.4, -0.2) is 28.9 Å². The second kappa shape index (κ2) is 7.74. The molecule has 0 aliphatic heterocycles. The number of methoxy groups -OCH3 is 2. The smallest absolute Gasteiger partial charge is 0.161 e. The average Bonchev–Trinajstić information content (AvgIpc) is 3.12. The Morgan fingerprint density at radius 2 is 1.61 bits per heavy atom. The molecule has 0 fully saturated rings. The molecule has 4 rings (SSSR count). The third kappa shape index (κ3) is 3.32. The van der Waals surface area contributed by atoms with Gasteiger partial charge in [-0.05, 0) is 35.4 Å². The molecule has 0 bridgehead atoms. The molecule has 0 spiro atoms. The highest BCUT2D eigenvalue weighted by Gasteiger charge is 2.20. The summed E-state index contributed by atoms with van der Waals surface area (Å²) in [5.41, 5.74) is 3.67. The highest BCUT2D eigenvalue weighted by atomic mass is 16.5. The van der Waals surface area contributed by atoms with E-state index in [4.69, 9.17) is 14.5 Å². The Morgan fingerprint density at radius 1 is 0.893 bits per heavy atom. The van der Waals surface area contributed by atoms with Crippen LogP contribution in [-0.2, 0) is 6.54 Å². The maximum absolute atomic E-state index is 11.0. The van der Waals surface area contributed by atoms with Crippen molar-refractivity contribution in [2.75, 3.05) is 14.2 Å². The number of aliphatic hydroxyl groups excluding tert-OH is 1. The molecular weight excluding hydrogens is 352 g/mol. The number of ether oxygens (including phenoxy) is 2. The van der Waals surface area contributed by atoms with Gasteiger partial charge in [0.25, 0.3) is 0 Å². The van der Waals surface area contributed by atoms with Crippen molar-refractivity contribution in [1.29, 1.82) is 0 Å². The molecule has 0 aliphatic carbocycles. The van der Waals surface area contributed by atoms with Crippen molar-refractivity contribution in [3.05, 3.63) is 89.7 Å². The van der Waals surface area contributed by atoms with E-state index < -0.39 is 6.10 Å². The first kappa shape index (κ1) is 18.1. The van der Waals surface area contributed by atoms with Gasteiger partial charge in [-0.15, -0.1) is 0 Å². The Labute approximate surface area is 163 Å². The molecule has 5 nitrogen and oxygen atoms in total. The lowest BCUT2D eigenvalue weighted by molar-refractivity contribution is 0.206. The summed E-state index contributed by atoms with van der Waals surface area (Å²) in [6.45, 7) is 0.556. The topological polar surface area (TPSA) is 56.5 Å². The summed E-state index contributed by atoms with van der Waals surface area (Å²) in [4.78, 5) is 4.72. The molecule has 4 aromatic rings. The minimum absolute atomic E-state index is 0.556. The number of benzene rings is 3. The molecule has 0 radical (unpaired) electrons. The molecule has 0 saturated heterocycles. The second-order valence-electron chi connectivity index (χ2n) is 6.55. The molecule has 1 N–H and O–H groups in total. The van der Waals surface area contributed by atoms with Crippen LogP contribution in [0.5, 0.6) is 11.5 Å². The third-order valence-electron chi connectivity index (χ3n) is 4.83. The Kier molecular flexibility index (Phi) is 5.00. The summed E-state index contributed by atoms with van der Waals surface area (Å²) >= 11 is 0. The summed E-state index contributed by atoms with van der Waals surface area (Å²) in [5.74, 6) is 1.98.